The molecule has 0 aromatic rings. The number of rotatable bonds is 39. The molecule has 0 aliphatic carbocycles. The number of ether oxygens (including phenoxy) is 7. The Morgan fingerprint density at radius 1 is 0.343 bits per heavy atom. The predicted molar refractivity (Wildman–Crippen MR) is 239 cm³/mol. The fourth-order valence-corrected chi connectivity index (χ4v) is 6.34. The van der Waals surface area contributed by atoms with E-state index in [9.17, 15) is 57.5 Å². The zero-order valence-electron chi connectivity index (χ0n) is 37.4. The zero-order chi connectivity index (χ0) is 51.2. The Morgan fingerprint density at radius 3 is 0.836 bits per heavy atom. The summed E-state index contributed by atoms with van der Waals surface area (Å²) >= 11 is 32.6. The lowest BCUT2D eigenvalue weighted by Crippen LogP contribution is -2.43. The molecule has 0 fully saturated rings. The zero-order valence-corrected chi connectivity index (χ0v) is 41.9. The van der Waals surface area contributed by atoms with Gasteiger partial charge in [0.2, 0.25) is 31.5 Å². The highest BCUT2D eigenvalue weighted by molar-refractivity contribution is 6.65. The van der Waals surface area contributed by atoms with Crippen molar-refractivity contribution >= 4 is 137 Å². The molecular formula is C42H56Cl6O19. The number of carbonyl (C=O) groups is 12. The first-order chi connectivity index (χ1) is 31.3. The minimum absolute atomic E-state index is 0.0592. The lowest BCUT2D eigenvalue weighted by atomic mass is 9.77. The third kappa shape index (κ3) is 29.9. The molecular weight excluding hydrogens is 1020 g/mol. The molecule has 0 aliphatic rings. The number of hydrogen-bond acceptors (Lipinski definition) is 19. The van der Waals surface area contributed by atoms with Crippen LogP contribution in [-0.2, 0) is 90.7 Å². The lowest BCUT2D eigenvalue weighted by molar-refractivity contribution is -0.167. The number of hydrogen-bond donors (Lipinski definition) is 0. The van der Waals surface area contributed by atoms with Crippen molar-refractivity contribution in [2.45, 2.75) is 117 Å². The van der Waals surface area contributed by atoms with E-state index in [1.165, 1.54) is 0 Å². The molecule has 0 radical (unpaired) electrons. The Hall–Kier alpha value is -3.46. The van der Waals surface area contributed by atoms with Gasteiger partial charge in [-0.05, 0) is 95.3 Å². The van der Waals surface area contributed by atoms with Gasteiger partial charge in [-0.2, -0.15) is 0 Å². The number of halogens is 6. The predicted octanol–water partition coefficient (Wildman–Crippen LogP) is 6.34. The van der Waals surface area contributed by atoms with Crippen LogP contribution in [0.25, 0.3) is 0 Å². The van der Waals surface area contributed by atoms with Crippen molar-refractivity contribution in [2.75, 3.05) is 52.9 Å². The normalized spacial score (nSPS) is 12.7. The monoisotopic (exact) mass is 1070 g/mol. The van der Waals surface area contributed by atoms with Gasteiger partial charge in [0.1, 0.15) is 39.6 Å². The first-order valence-corrected chi connectivity index (χ1v) is 23.2. The summed E-state index contributed by atoms with van der Waals surface area (Å²) in [5, 5.41) is -4.95. The van der Waals surface area contributed by atoms with Crippen LogP contribution in [0, 0.1) is 22.2 Å². The Morgan fingerprint density at radius 2 is 0.597 bits per heavy atom. The first kappa shape index (κ1) is 63.5. The minimum atomic E-state index is -1.38. The van der Waals surface area contributed by atoms with Crippen LogP contribution in [0.4, 0.5) is 0 Å². The van der Waals surface area contributed by atoms with Crippen LogP contribution in [0.1, 0.15) is 117 Å². The maximum atomic E-state index is 14.0. The molecule has 380 valence electrons. The second-order valence-electron chi connectivity index (χ2n) is 15.7. The van der Waals surface area contributed by atoms with E-state index in [4.69, 9.17) is 103 Å². The van der Waals surface area contributed by atoms with Crippen molar-refractivity contribution in [1.29, 1.82) is 0 Å². The molecule has 0 heterocycles. The molecule has 0 aliphatic heterocycles. The van der Waals surface area contributed by atoms with Crippen molar-refractivity contribution in [2.24, 2.45) is 22.2 Å². The van der Waals surface area contributed by atoms with Crippen LogP contribution in [0.15, 0.2) is 0 Å². The molecule has 0 N–H and O–H groups in total. The van der Waals surface area contributed by atoms with Gasteiger partial charge in [-0.15, -0.1) is 0 Å². The number of esters is 6. The molecule has 0 amide bonds. The van der Waals surface area contributed by atoms with Crippen molar-refractivity contribution in [3.8, 4) is 0 Å². The molecule has 67 heavy (non-hydrogen) atoms. The smallest absolute Gasteiger partial charge is 0.309 e. The average Bonchev–Trinajstić information content (AvgIpc) is 3.27. The highest BCUT2D eigenvalue weighted by Crippen LogP contribution is 2.36. The summed E-state index contributed by atoms with van der Waals surface area (Å²) in [4.78, 5) is 145. The van der Waals surface area contributed by atoms with E-state index >= 15 is 0 Å². The molecule has 2 unspecified atom stereocenters. The summed E-state index contributed by atoms with van der Waals surface area (Å²) in [6.07, 6.45) is -4.28. The second kappa shape index (κ2) is 33.9. The molecule has 0 aromatic heterocycles. The standard InChI is InChI=1S/C42H56Cl6O19/c1-4-40(21-62-34(55)12-7-28(43)49,22-63-35(56)13-8-29(44)50)18-27(17-33(48)54)39(60)67-26-42(6-3,25-66-38(59)16-11-32(47)53)20-61-19-41(5-2,23-64-36(57)14-9-30(45)51)24-65-37(58)15-10-31(46)52/h27H,4-26H2,1-3H3. The summed E-state index contributed by atoms with van der Waals surface area (Å²) in [7, 11) is 0. The number of carbonyl (C=O) groups excluding carboxylic acids is 12. The van der Waals surface area contributed by atoms with Gasteiger partial charge in [-0.3, -0.25) is 57.5 Å². The summed E-state index contributed by atoms with van der Waals surface area (Å²) in [5.74, 6) is -6.57. The SMILES string of the molecule is CCC(COCC(CC)(COC(=O)CCC(=O)Cl)COC(=O)C(CC(=O)Cl)CC(CC)(COC(=O)CCC(=O)Cl)COC(=O)CCC(=O)Cl)(COC(=O)CCC(=O)Cl)COC(=O)CCC(=O)Cl. The minimum Gasteiger partial charge on any atom is -0.465 e. The van der Waals surface area contributed by atoms with Crippen molar-refractivity contribution in [1.82, 2.24) is 0 Å². The van der Waals surface area contributed by atoms with E-state index in [1.54, 1.807) is 20.8 Å². The van der Waals surface area contributed by atoms with Crippen LogP contribution >= 0.6 is 69.6 Å². The van der Waals surface area contributed by atoms with Crippen LogP contribution in [-0.4, -0.2) is 120 Å². The van der Waals surface area contributed by atoms with Gasteiger partial charge in [0.05, 0.1) is 62.1 Å². The Bertz CT molecular complexity index is 1670. The van der Waals surface area contributed by atoms with E-state index in [-0.39, 0.29) is 83.8 Å². The van der Waals surface area contributed by atoms with E-state index in [0.717, 1.165) is 0 Å². The third-order valence-electron chi connectivity index (χ3n) is 10.3. The largest absolute Gasteiger partial charge is 0.465 e. The maximum absolute atomic E-state index is 14.0. The summed E-state index contributed by atoms with van der Waals surface area (Å²) in [6, 6.07) is 0. The molecule has 0 saturated carbocycles. The average molecular weight is 1080 g/mol. The Balaban J connectivity index is 6.81. The molecule has 25 heteroatoms. The highest BCUT2D eigenvalue weighted by atomic mass is 35.5. The maximum Gasteiger partial charge on any atom is 0.309 e. The molecule has 2 atom stereocenters. The highest BCUT2D eigenvalue weighted by Gasteiger charge is 2.41. The van der Waals surface area contributed by atoms with E-state index in [0.29, 0.717) is 0 Å². The van der Waals surface area contributed by atoms with Gasteiger partial charge in [-0.25, -0.2) is 0 Å². The lowest BCUT2D eigenvalue weighted by Gasteiger charge is -2.36. The third-order valence-corrected chi connectivity index (χ3v) is 11.4. The van der Waals surface area contributed by atoms with Crippen LogP contribution in [0.5, 0.6) is 0 Å². The molecule has 19 nitrogen and oxygen atoms in total. The van der Waals surface area contributed by atoms with Gasteiger partial charge in [0.15, 0.2) is 0 Å². The quantitative estimate of drug-likeness (QED) is 0.0369. The van der Waals surface area contributed by atoms with Crippen molar-refractivity contribution in [3.05, 3.63) is 0 Å². The Labute approximate surface area is 417 Å². The van der Waals surface area contributed by atoms with E-state index in [1.807, 2.05) is 0 Å². The van der Waals surface area contributed by atoms with Gasteiger partial charge < -0.3 is 33.2 Å². The molecule has 0 aromatic carbocycles. The van der Waals surface area contributed by atoms with E-state index < -0.39 is 155 Å². The van der Waals surface area contributed by atoms with Gasteiger partial charge >= 0.3 is 35.8 Å². The van der Waals surface area contributed by atoms with Gasteiger partial charge in [0, 0.05) is 43.9 Å². The fourth-order valence-electron chi connectivity index (χ4n) is 5.68. The fraction of sp³-hybridized carbons (Fsp3) is 0.714. The van der Waals surface area contributed by atoms with Gasteiger partial charge in [0.25, 0.3) is 0 Å². The van der Waals surface area contributed by atoms with Crippen LogP contribution in [0.2, 0.25) is 0 Å². The van der Waals surface area contributed by atoms with E-state index in [2.05, 4.69) is 0 Å². The van der Waals surface area contributed by atoms with Crippen molar-refractivity contribution in [3.63, 3.8) is 0 Å². The Kier molecular flexibility index (Phi) is 32.2. The summed E-state index contributed by atoms with van der Waals surface area (Å²) in [6.45, 7) is 1.44. The van der Waals surface area contributed by atoms with Crippen LogP contribution in [0.3, 0.4) is 0 Å². The molecule has 0 bridgehead atoms. The summed E-state index contributed by atoms with van der Waals surface area (Å²) < 4.78 is 39.0. The second-order valence-corrected chi connectivity index (χ2v) is 18.2. The summed E-state index contributed by atoms with van der Waals surface area (Å²) in [5.41, 5.74) is -4.02. The van der Waals surface area contributed by atoms with Crippen molar-refractivity contribution < 1.29 is 90.7 Å². The van der Waals surface area contributed by atoms with Gasteiger partial charge in [-0.1, -0.05) is 20.8 Å². The molecule has 0 spiro atoms. The van der Waals surface area contributed by atoms with Crippen LogP contribution < -0.4 is 0 Å². The first-order valence-electron chi connectivity index (χ1n) is 21.0. The topological polar surface area (TPSA) is 269 Å². The molecule has 0 saturated heterocycles. The molecule has 0 rings (SSSR count).